The number of benzene rings is 1. The number of halogens is 3. The standard InChI is InChI=1S/C19H23F3N6O2/c1-2-23-19(28-8-6-27(7-9-28)12-13-5-10-30-26-13)24-11-16(29)25-15-4-3-14(20)17(21)18(15)22/h3-5,10H,2,6-9,11-12H2,1H3,(H,23,24)(H,25,29). The van der Waals surface area contributed by atoms with Gasteiger partial charge in [-0.1, -0.05) is 5.16 Å². The van der Waals surface area contributed by atoms with Crippen molar-refractivity contribution in [2.45, 2.75) is 13.5 Å². The van der Waals surface area contributed by atoms with E-state index >= 15 is 0 Å². The molecule has 0 spiro atoms. The number of nitrogens with zero attached hydrogens (tertiary/aromatic N) is 4. The van der Waals surface area contributed by atoms with Gasteiger partial charge in [-0.3, -0.25) is 9.69 Å². The number of carbonyl (C=O) groups excluding carboxylic acids is 1. The molecule has 3 rings (SSSR count). The number of aliphatic imine (C=N–C) groups is 1. The van der Waals surface area contributed by atoms with Gasteiger partial charge in [0.05, 0.1) is 11.4 Å². The Morgan fingerprint density at radius 2 is 1.93 bits per heavy atom. The predicted molar refractivity (Wildman–Crippen MR) is 104 cm³/mol. The lowest BCUT2D eigenvalue weighted by Crippen LogP contribution is -2.52. The van der Waals surface area contributed by atoms with E-state index in [0.29, 0.717) is 32.1 Å². The van der Waals surface area contributed by atoms with Crippen LogP contribution in [0.1, 0.15) is 12.6 Å². The van der Waals surface area contributed by atoms with Gasteiger partial charge in [0.1, 0.15) is 12.8 Å². The maximum Gasteiger partial charge on any atom is 0.246 e. The Kier molecular flexibility index (Phi) is 7.28. The summed E-state index contributed by atoms with van der Waals surface area (Å²) in [6.07, 6.45) is 1.54. The first-order valence-electron chi connectivity index (χ1n) is 9.56. The lowest BCUT2D eigenvalue weighted by Gasteiger charge is -2.36. The molecule has 2 heterocycles. The summed E-state index contributed by atoms with van der Waals surface area (Å²) in [5.74, 6) is -4.48. The Bertz CT molecular complexity index is 883. The molecule has 8 nitrogen and oxygen atoms in total. The van der Waals surface area contributed by atoms with Crippen LogP contribution in [0.4, 0.5) is 18.9 Å². The highest BCUT2D eigenvalue weighted by atomic mass is 19.2. The van der Waals surface area contributed by atoms with E-state index < -0.39 is 29.0 Å². The zero-order chi connectivity index (χ0) is 21.5. The minimum absolute atomic E-state index is 0.292. The molecule has 0 atom stereocenters. The number of hydrogen-bond donors (Lipinski definition) is 2. The van der Waals surface area contributed by atoms with Gasteiger partial charge in [0.2, 0.25) is 5.91 Å². The van der Waals surface area contributed by atoms with Crippen LogP contribution in [0.2, 0.25) is 0 Å². The fraction of sp³-hybridized carbons (Fsp3) is 0.421. The number of amides is 1. The summed E-state index contributed by atoms with van der Waals surface area (Å²) in [5.41, 5.74) is 0.436. The van der Waals surface area contributed by atoms with Gasteiger partial charge in [-0.25, -0.2) is 18.2 Å². The summed E-state index contributed by atoms with van der Waals surface area (Å²) in [6, 6.07) is 3.54. The Hall–Kier alpha value is -3.08. The molecule has 2 aromatic rings. The number of guanidine groups is 1. The molecule has 0 radical (unpaired) electrons. The molecule has 162 valence electrons. The quantitative estimate of drug-likeness (QED) is 0.418. The third-order valence-corrected chi connectivity index (χ3v) is 4.57. The molecule has 1 aromatic carbocycles. The number of nitrogens with one attached hydrogen (secondary N) is 2. The van der Waals surface area contributed by atoms with Crippen LogP contribution in [0.5, 0.6) is 0 Å². The number of hydrogen-bond acceptors (Lipinski definition) is 5. The first-order chi connectivity index (χ1) is 14.5. The van der Waals surface area contributed by atoms with Gasteiger partial charge >= 0.3 is 0 Å². The largest absolute Gasteiger partial charge is 0.364 e. The number of rotatable bonds is 6. The normalized spacial score (nSPS) is 15.3. The molecule has 1 aliphatic heterocycles. The molecule has 0 aliphatic carbocycles. The van der Waals surface area contributed by atoms with Crippen LogP contribution < -0.4 is 10.6 Å². The fourth-order valence-electron chi connectivity index (χ4n) is 3.05. The van der Waals surface area contributed by atoms with Crippen LogP contribution in [0.3, 0.4) is 0 Å². The average Bonchev–Trinajstić information content (AvgIpc) is 3.25. The van der Waals surface area contributed by atoms with Gasteiger partial charge in [0.15, 0.2) is 23.4 Å². The molecule has 1 aromatic heterocycles. The minimum Gasteiger partial charge on any atom is -0.364 e. The van der Waals surface area contributed by atoms with E-state index in [-0.39, 0.29) is 6.54 Å². The monoisotopic (exact) mass is 424 g/mol. The second-order valence-corrected chi connectivity index (χ2v) is 6.70. The maximum absolute atomic E-state index is 13.7. The first-order valence-corrected chi connectivity index (χ1v) is 9.56. The molecule has 1 fully saturated rings. The van der Waals surface area contributed by atoms with Crippen LogP contribution in [0, 0.1) is 17.5 Å². The van der Waals surface area contributed by atoms with Crippen molar-refractivity contribution in [3.8, 4) is 0 Å². The molecule has 11 heteroatoms. The molecule has 1 saturated heterocycles. The van der Waals surface area contributed by atoms with E-state index in [1.807, 2.05) is 17.9 Å². The molecular weight excluding hydrogens is 401 g/mol. The van der Waals surface area contributed by atoms with Gasteiger partial charge in [-0.05, 0) is 19.1 Å². The predicted octanol–water partition coefficient (Wildman–Crippen LogP) is 1.81. The Morgan fingerprint density at radius 3 is 2.60 bits per heavy atom. The molecule has 0 saturated carbocycles. The van der Waals surface area contributed by atoms with Crippen molar-refractivity contribution < 1.29 is 22.5 Å². The Balaban J connectivity index is 1.55. The fourth-order valence-corrected chi connectivity index (χ4v) is 3.05. The minimum atomic E-state index is -1.63. The molecule has 1 aliphatic rings. The SMILES string of the molecule is CCNC(=NCC(=O)Nc1ccc(F)c(F)c1F)N1CCN(Cc2ccon2)CC1. The van der Waals surface area contributed by atoms with E-state index in [4.69, 9.17) is 4.52 Å². The van der Waals surface area contributed by atoms with Crippen molar-refractivity contribution in [1.29, 1.82) is 0 Å². The summed E-state index contributed by atoms with van der Waals surface area (Å²) in [6.45, 7) is 5.88. The summed E-state index contributed by atoms with van der Waals surface area (Å²) in [5, 5.41) is 9.25. The van der Waals surface area contributed by atoms with Crippen molar-refractivity contribution in [2.75, 3.05) is 44.6 Å². The molecule has 2 N–H and O–H groups in total. The summed E-state index contributed by atoms with van der Waals surface area (Å²) in [7, 11) is 0. The first kappa shape index (κ1) is 21.6. The van der Waals surface area contributed by atoms with Gasteiger partial charge in [-0.15, -0.1) is 0 Å². The second-order valence-electron chi connectivity index (χ2n) is 6.70. The van der Waals surface area contributed by atoms with Crippen LogP contribution in [-0.2, 0) is 11.3 Å². The highest BCUT2D eigenvalue weighted by molar-refractivity contribution is 5.94. The zero-order valence-corrected chi connectivity index (χ0v) is 16.5. The van der Waals surface area contributed by atoms with E-state index in [1.54, 1.807) is 6.26 Å². The van der Waals surface area contributed by atoms with Gasteiger partial charge < -0.3 is 20.1 Å². The van der Waals surface area contributed by atoms with Crippen molar-refractivity contribution >= 4 is 17.6 Å². The lowest BCUT2D eigenvalue weighted by molar-refractivity contribution is -0.114. The van der Waals surface area contributed by atoms with Crippen LogP contribution in [0.25, 0.3) is 0 Å². The number of aromatic nitrogens is 1. The highest BCUT2D eigenvalue weighted by Crippen LogP contribution is 2.19. The Morgan fingerprint density at radius 1 is 1.17 bits per heavy atom. The molecular formula is C19H23F3N6O2. The second kappa shape index (κ2) is 10.1. The van der Waals surface area contributed by atoms with Gasteiger partial charge in [0.25, 0.3) is 0 Å². The van der Waals surface area contributed by atoms with Crippen molar-refractivity contribution in [2.24, 2.45) is 4.99 Å². The van der Waals surface area contributed by atoms with Crippen molar-refractivity contribution in [3.05, 3.63) is 47.6 Å². The lowest BCUT2D eigenvalue weighted by atomic mass is 10.2. The van der Waals surface area contributed by atoms with Crippen LogP contribution >= 0.6 is 0 Å². The molecule has 1 amide bonds. The van der Waals surface area contributed by atoms with E-state index in [9.17, 15) is 18.0 Å². The third kappa shape index (κ3) is 5.50. The van der Waals surface area contributed by atoms with Gasteiger partial charge in [0, 0.05) is 45.3 Å². The van der Waals surface area contributed by atoms with E-state index in [1.165, 1.54) is 0 Å². The van der Waals surface area contributed by atoms with E-state index in [0.717, 1.165) is 30.9 Å². The van der Waals surface area contributed by atoms with Crippen molar-refractivity contribution in [1.82, 2.24) is 20.3 Å². The summed E-state index contributed by atoms with van der Waals surface area (Å²) < 4.78 is 44.8. The molecule has 0 unspecified atom stereocenters. The third-order valence-electron chi connectivity index (χ3n) is 4.57. The number of carbonyl (C=O) groups is 1. The molecule has 0 bridgehead atoms. The zero-order valence-electron chi connectivity index (χ0n) is 16.5. The average molecular weight is 424 g/mol. The Labute approximate surface area is 171 Å². The smallest absolute Gasteiger partial charge is 0.246 e. The topological polar surface area (TPSA) is 86.0 Å². The molecule has 30 heavy (non-hydrogen) atoms. The van der Waals surface area contributed by atoms with Crippen LogP contribution in [-0.4, -0.2) is 66.1 Å². The van der Waals surface area contributed by atoms with Crippen molar-refractivity contribution in [3.63, 3.8) is 0 Å². The van der Waals surface area contributed by atoms with Crippen LogP contribution in [0.15, 0.2) is 34.0 Å². The number of anilines is 1. The number of piperazine rings is 1. The summed E-state index contributed by atoms with van der Waals surface area (Å²) in [4.78, 5) is 20.7. The highest BCUT2D eigenvalue weighted by Gasteiger charge is 2.21. The summed E-state index contributed by atoms with van der Waals surface area (Å²) >= 11 is 0. The van der Waals surface area contributed by atoms with E-state index in [2.05, 4.69) is 25.7 Å². The maximum atomic E-state index is 13.7. The van der Waals surface area contributed by atoms with Gasteiger partial charge in [-0.2, -0.15) is 0 Å².